The number of nitrogens with one attached hydrogen (secondary N) is 1. The van der Waals surface area contributed by atoms with Crippen LogP contribution >= 0.6 is 12.4 Å². The molecule has 4 rings (SSSR count). The molecule has 14 heteroatoms. The molecule has 0 bridgehead atoms. The SMILES string of the molecule is CNOC.CON(C)C(=O)c1cc([N+](=O)[O-])cc2ccccc12.Cl.O=C(O)c1cc([N+](=O)[O-])cc2ccccc12. The van der Waals surface area contributed by atoms with Crippen LogP contribution in [0.2, 0.25) is 0 Å². The first kappa shape index (κ1) is 33.3. The number of nitro groups is 2. The van der Waals surface area contributed by atoms with Crippen molar-refractivity contribution in [2.45, 2.75) is 0 Å². The predicted molar refractivity (Wildman–Crippen MR) is 151 cm³/mol. The van der Waals surface area contributed by atoms with Gasteiger partial charge in [0.25, 0.3) is 17.3 Å². The van der Waals surface area contributed by atoms with Gasteiger partial charge in [-0.1, -0.05) is 48.5 Å². The molecule has 4 aromatic rings. The minimum Gasteiger partial charge on any atom is -0.478 e. The second kappa shape index (κ2) is 15.7. The van der Waals surface area contributed by atoms with Gasteiger partial charge in [0.05, 0.1) is 35.2 Å². The van der Waals surface area contributed by atoms with Crippen molar-refractivity contribution in [1.29, 1.82) is 0 Å². The van der Waals surface area contributed by atoms with Crippen LogP contribution in [0, 0.1) is 20.2 Å². The Bertz CT molecular complexity index is 1510. The predicted octanol–water partition coefficient (Wildman–Crippen LogP) is 5.02. The zero-order chi connectivity index (χ0) is 29.1. The number of aromatic carboxylic acids is 1. The van der Waals surface area contributed by atoms with Crippen LogP contribution in [-0.4, -0.2) is 60.2 Å². The van der Waals surface area contributed by atoms with Gasteiger partial charge in [0.15, 0.2) is 0 Å². The molecule has 0 heterocycles. The van der Waals surface area contributed by atoms with Gasteiger partial charge in [0.1, 0.15) is 0 Å². The minimum atomic E-state index is -1.17. The molecule has 0 saturated carbocycles. The summed E-state index contributed by atoms with van der Waals surface area (Å²) >= 11 is 0. The third-order valence-corrected chi connectivity index (χ3v) is 5.34. The lowest BCUT2D eigenvalue weighted by atomic mass is 10.0. The van der Waals surface area contributed by atoms with E-state index in [9.17, 15) is 29.8 Å². The van der Waals surface area contributed by atoms with Gasteiger partial charge in [0, 0.05) is 38.4 Å². The van der Waals surface area contributed by atoms with E-state index in [0.717, 1.165) is 11.1 Å². The maximum atomic E-state index is 12.1. The number of benzene rings is 4. The fourth-order valence-electron chi connectivity index (χ4n) is 3.41. The fourth-order valence-corrected chi connectivity index (χ4v) is 3.41. The molecule has 0 radical (unpaired) electrons. The molecule has 40 heavy (non-hydrogen) atoms. The quantitative estimate of drug-likeness (QED) is 0.235. The standard InChI is InChI=1S/C13H12N2O4.C11H7NO4.C2H7NO.ClH/c1-14(19-2)13(16)12-8-10(15(17)18)7-9-5-3-4-6-11(9)12;13-11(14)10-6-8(12(15)16)5-7-3-1-2-4-9(7)10;1-3-4-2;/h3-8H,1-2H3;1-6H,(H,13,14);3H,1-2H3;1H. The van der Waals surface area contributed by atoms with Crippen molar-refractivity contribution >= 4 is 57.2 Å². The van der Waals surface area contributed by atoms with E-state index in [-0.39, 0.29) is 34.9 Å². The summed E-state index contributed by atoms with van der Waals surface area (Å²) in [5.74, 6) is -1.60. The number of hydrogen-bond acceptors (Lipinski definition) is 9. The Morgan fingerprint density at radius 3 is 1.60 bits per heavy atom. The number of hydrogen-bond donors (Lipinski definition) is 2. The molecule has 0 aliphatic heterocycles. The van der Waals surface area contributed by atoms with Crippen molar-refractivity contribution in [1.82, 2.24) is 10.5 Å². The van der Waals surface area contributed by atoms with Crippen LogP contribution in [0.1, 0.15) is 20.7 Å². The van der Waals surface area contributed by atoms with E-state index in [1.54, 1.807) is 62.7 Å². The van der Waals surface area contributed by atoms with Gasteiger partial charge >= 0.3 is 5.97 Å². The lowest BCUT2D eigenvalue weighted by molar-refractivity contribution is -0.384. The maximum absolute atomic E-state index is 12.1. The number of halogens is 1. The van der Waals surface area contributed by atoms with E-state index in [1.165, 1.54) is 32.4 Å². The number of carbonyl (C=O) groups is 2. The van der Waals surface area contributed by atoms with Crippen LogP contribution in [0.4, 0.5) is 11.4 Å². The van der Waals surface area contributed by atoms with Gasteiger partial charge in [-0.25, -0.2) is 15.3 Å². The topological polar surface area (TPSA) is 174 Å². The second-order valence-electron chi connectivity index (χ2n) is 7.64. The van der Waals surface area contributed by atoms with Gasteiger partial charge < -0.3 is 9.94 Å². The lowest BCUT2D eigenvalue weighted by Crippen LogP contribution is -2.25. The van der Waals surface area contributed by atoms with Crippen molar-refractivity contribution in [3.05, 3.63) is 104 Å². The normalized spacial score (nSPS) is 9.80. The van der Waals surface area contributed by atoms with Gasteiger partial charge in [0.2, 0.25) is 0 Å². The van der Waals surface area contributed by atoms with Crippen molar-refractivity contribution in [2.75, 3.05) is 28.3 Å². The number of rotatable bonds is 6. The molecule has 0 atom stereocenters. The average molecular weight is 575 g/mol. The summed E-state index contributed by atoms with van der Waals surface area (Å²) in [5, 5.41) is 33.9. The van der Waals surface area contributed by atoms with Crippen LogP contribution in [-0.2, 0) is 9.68 Å². The number of fused-ring (bicyclic) bond motifs is 2. The van der Waals surface area contributed by atoms with E-state index in [4.69, 9.17) is 9.94 Å². The Morgan fingerprint density at radius 1 is 0.825 bits per heavy atom. The van der Waals surface area contributed by atoms with Crippen LogP contribution in [0.15, 0.2) is 72.8 Å². The smallest absolute Gasteiger partial charge is 0.336 e. The molecular formula is C26H27ClN4O9. The Hall–Kier alpha value is -4.69. The molecule has 0 aliphatic carbocycles. The third kappa shape index (κ3) is 8.41. The van der Waals surface area contributed by atoms with Crippen molar-refractivity contribution in [3.63, 3.8) is 0 Å². The Kier molecular flexibility index (Phi) is 13.0. The highest BCUT2D eigenvalue weighted by Gasteiger charge is 2.19. The molecule has 1 amide bonds. The van der Waals surface area contributed by atoms with Crippen LogP contribution < -0.4 is 5.48 Å². The molecule has 0 spiro atoms. The zero-order valence-corrected chi connectivity index (χ0v) is 22.7. The summed E-state index contributed by atoms with van der Waals surface area (Å²) in [5.41, 5.74) is 2.29. The lowest BCUT2D eigenvalue weighted by Gasteiger charge is -2.14. The molecule has 0 fully saturated rings. The number of carbonyl (C=O) groups excluding carboxylic acids is 1. The number of carboxylic acid groups (broad SMARTS) is 1. The average Bonchev–Trinajstić information content (AvgIpc) is 2.95. The monoisotopic (exact) mass is 574 g/mol. The number of amides is 1. The number of nitro benzene ring substituents is 2. The fraction of sp³-hybridized carbons (Fsp3) is 0.154. The maximum Gasteiger partial charge on any atom is 0.336 e. The number of hydroxylamine groups is 3. The van der Waals surface area contributed by atoms with Gasteiger partial charge in [-0.15, -0.1) is 12.4 Å². The first-order valence-electron chi connectivity index (χ1n) is 11.1. The number of carboxylic acids is 1. The summed E-state index contributed by atoms with van der Waals surface area (Å²) in [6.07, 6.45) is 0. The van der Waals surface area contributed by atoms with E-state index in [1.807, 2.05) is 0 Å². The summed E-state index contributed by atoms with van der Waals surface area (Å²) in [7, 11) is 6.09. The first-order valence-corrected chi connectivity index (χ1v) is 11.1. The molecule has 0 saturated heterocycles. The van der Waals surface area contributed by atoms with Crippen molar-refractivity contribution in [3.8, 4) is 0 Å². The Balaban J connectivity index is 0.000000349. The Labute approximate surface area is 234 Å². The summed E-state index contributed by atoms with van der Waals surface area (Å²) in [6.45, 7) is 0. The van der Waals surface area contributed by atoms with E-state index in [0.29, 0.717) is 21.5 Å². The molecule has 13 nitrogen and oxygen atoms in total. The molecule has 2 N–H and O–H groups in total. The summed E-state index contributed by atoms with van der Waals surface area (Å²) in [4.78, 5) is 52.7. The van der Waals surface area contributed by atoms with Crippen LogP contribution in [0.3, 0.4) is 0 Å². The van der Waals surface area contributed by atoms with E-state index in [2.05, 4.69) is 10.3 Å². The summed E-state index contributed by atoms with van der Waals surface area (Å²) in [6, 6.07) is 18.8. The van der Waals surface area contributed by atoms with Gasteiger partial charge in [-0.05, 0) is 21.5 Å². The highest BCUT2D eigenvalue weighted by molar-refractivity contribution is 6.07. The molecule has 0 aliphatic rings. The third-order valence-electron chi connectivity index (χ3n) is 5.34. The molecular weight excluding hydrogens is 548 g/mol. The van der Waals surface area contributed by atoms with Gasteiger partial charge in [-0.3, -0.25) is 29.9 Å². The number of non-ortho nitro benzene ring substituents is 2. The molecule has 212 valence electrons. The summed E-state index contributed by atoms with van der Waals surface area (Å²) < 4.78 is 0. The second-order valence-corrected chi connectivity index (χ2v) is 7.64. The van der Waals surface area contributed by atoms with Gasteiger partial charge in [-0.2, -0.15) is 0 Å². The Morgan fingerprint density at radius 2 is 1.23 bits per heavy atom. The highest BCUT2D eigenvalue weighted by Crippen LogP contribution is 2.27. The number of nitrogens with zero attached hydrogens (tertiary/aromatic N) is 3. The van der Waals surface area contributed by atoms with Crippen LogP contribution in [0.25, 0.3) is 21.5 Å². The van der Waals surface area contributed by atoms with Crippen molar-refractivity contribution < 1.29 is 34.2 Å². The highest BCUT2D eigenvalue weighted by atomic mass is 35.5. The molecule has 0 aromatic heterocycles. The van der Waals surface area contributed by atoms with E-state index >= 15 is 0 Å². The van der Waals surface area contributed by atoms with Crippen LogP contribution in [0.5, 0.6) is 0 Å². The first-order chi connectivity index (χ1) is 18.5. The minimum absolute atomic E-state index is 0. The van der Waals surface area contributed by atoms with Crippen molar-refractivity contribution in [2.24, 2.45) is 0 Å². The molecule has 0 unspecified atom stereocenters. The van der Waals surface area contributed by atoms with E-state index < -0.39 is 21.7 Å². The largest absolute Gasteiger partial charge is 0.478 e. The molecule has 4 aromatic carbocycles. The zero-order valence-electron chi connectivity index (χ0n) is 21.9.